The van der Waals surface area contributed by atoms with E-state index in [2.05, 4.69) is 0 Å². The summed E-state index contributed by atoms with van der Waals surface area (Å²) in [4.78, 5) is 39.9. The van der Waals surface area contributed by atoms with Crippen LogP contribution in [0.25, 0.3) is 0 Å². The number of nitrogens with zero attached hydrogens (tertiary/aromatic N) is 1. The number of benzene rings is 3. The first-order chi connectivity index (χ1) is 14.6. The van der Waals surface area contributed by atoms with Crippen molar-refractivity contribution in [2.75, 3.05) is 11.4 Å². The third-order valence-electron chi connectivity index (χ3n) is 4.75. The fourth-order valence-corrected chi connectivity index (χ4v) is 3.26. The van der Waals surface area contributed by atoms with Gasteiger partial charge >= 0.3 is 6.09 Å². The Morgan fingerprint density at radius 2 is 1.40 bits per heavy atom. The van der Waals surface area contributed by atoms with E-state index in [9.17, 15) is 14.4 Å². The predicted octanol–water partition coefficient (Wildman–Crippen LogP) is 3.45. The summed E-state index contributed by atoms with van der Waals surface area (Å²) >= 11 is 0. The van der Waals surface area contributed by atoms with E-state index in [1.807, 2.05) is 30.3 Å². The van der Waals surface area contributed by atoms with Crippen LogP contribution >= 0.6 is 0 Å². The van der Waals surface area contributed by atoms with Gasteiger partial charge in [0.25, 0.3) is 0 Å². The third kappa shape index (κ3) is 4.14. The molecule has 0 saturated carbocycles. The second kappa shape index (κ2) is 9.62. The second-order valence-corrected chi connectivity index (χ2v) is 6.59. The van der Waals surface area contributed by atoms with Crippen LogP contribution in [0.4, 0.5) is 10.5 Å². The van der Waals surface area contributed by atoms with Crippen LogP contribution in [0.3, 0.4) is 0 Å². The number of ketones is 1. The molecule has 0 spiro atoms. The first-order valence-corrected chi connectivity index (χ1v) is 9.44. The lowest BCUT2D eigenvalue weighted by Crippen LogP contribution is -2.58. The van der Waals surface area contributed by atoms with Gasteiger partial charge in [-0.2, -0.15) is 0 Å². The van der Waals surface area contributed by atoms with E-state index < -0.39 is 24.0 Å². The molecular weight excluding hydrogens is 380 g/mol. The highest BCUT2D eigenvalue weighted by Gasteiger charge is 2.49. The van der Waals surface area contributed by atoms with E-state index in [-0.39, 0.29) is 6.61 Å². The van der Waals surface area contributed by atoms with Crippen LogP contribution in [-0.4, -0.2) is 24.7 Å². The monoisotopic (exact) mass is 402 g/mol. The Kier molecular flexibility index (Phi) is 6.72. The molecule has 6 nitrogen and oxygen atoms in total. The number of para-hydroxylation sites is 1. The molecule has 0 bridgehead atoms. The number of nitrogens with two attached hydrogens (primary N) is 1. The van der Waals surface area contributed by atoms with Crippen molar-refractivity contribution in [1.29, 1.82) is 0 Å². The molecule has 3 rings (SSSR count). The minimum Gasteiger partial charge on any atom is -0.444 e. The molecular formula is C24H22N2O4. The quantitative estimate of drug-likeness (QED) is 0.460. The fraction of sp³-hybridized carbons (Fsp3) is 0.125. The van der Waals surface area contributed by atoms with Crippen molar-refractivity contribution in [1.82, 2.24) is 0 Å². The lowest BCUT2D eigenvalue weighted by Gasteiger charge is -2.38. The molecule has 1 atom stereocenters. The number of carbonyl (C=O) groups is 3. The van der Waals surface area contributed by atoms with Gasteiger partial charge in [-0.15, -0.1) is 0 Å². The van der Waals surface area contributed by atoms with Crippen molar-refractivity contribution in [3.05, 3.63) is 102 Å². The summed E-state index contributed by atoms with van der Waals surface area (Å²) in [6.45, 7) is -0.438. The number of ether oxygens (including phenoxy) is 1. The molecule has 2 N–H and O–H groups in total. The highest BCUT2D eigenvalue weighted by Crippen LogP contribution is 2.33. The molecule has 0 saturated heterocycles. The molecule has 0 aliphatic carbocycles. The van der Waals surface area contributed by atoms with Crippen LogP contribution in [0.2, 0.25) is 0 Å². The summed E-state index contributed by atoms with van der Waals surface area (Å²) in [6, 6.07) is 26.0. The van der Waals surface area contributed by atoms with E-state index >= 15 is 0 Å². The SMILES string of the molecule is NCC(=O)[C@](C=O)(c1ccccc1)N(C(=O)OCc1ccccc1)c1ccccc1. The lowest BCUT2D eigenvalue weighted by atomic mass is 9.84. The van der Waals surface area contributed by atoms with Crippen LogP contribution in [-0.2, 0) is 26.5 Å². The number of amides is 1. The van der Waals surface area contributed by atoms with Gasteiger partial charge in [-0.05, 0) is 23.3 Å². The molecule has 3 aromatic rings. The third-order valence-corrected chi connectivity index (χ3v) is 4.75. The Bertz CT molecular complexity index is 993. The summed E-state index contributed by atoms with van der Waals surface area (Å²) in [6.07, 6.45) is -0.378. The van der Waals surface area contributed by atoms with Gasteiger partial charge in [0, 0.05) is 5.69 Å². The molecule has 0 aliphatic rings. The smallest absolute Gasteiger partial charge is 0.416 e. The van der Waals surface area contributed by atoms with E-state index in [0.717, 1.165) is 10.5 Å². The number of carbonyl (C=O) groups excluding carboxylic acids is 3. The molecule has 3 aromatic carbocycles. The second-order valence-electron chi connectivity index (χ2n) is 6.59. The molecule has 152 valence electrons. The number of Topliss-reactive ketones (excluding diaryl/α,β-unsaturated/α-hetero) is 1. The topological polar surface area (TPSA) is 89.7 Å². The number of aldehydes is 1. The molecule has 0 heterocycles. The molecule has 0 unspecified atom stereocenters. The maximum Gasteiger partial charge on any atom is 0.416 e. The summed E-state index contributed by atoms with van der Waals surface area (Å²) < 4.78 is 5.50. The minimum absolute atomic E-state index is 0.0104. The standard InChI is InChI=1S/C24H22N2O4/c25-16-22(28)24(18-27,20-12-6-2-7-13-20)26(21-14-8-3-9-15-21)23(29)30-17-19-10-4-1-5-11-19/h1-15,18H,16-17,25H2/t24-/m0/s1. The van der Waals surface area contributed by atoms with E-state index in [4.69, 9.17) is 10.5 Å². The zero-order valence-corrected chi connectivity index (χ0v) is 16.3. The van der Waals surface area contributed by atoms with Gasteiger partial charge in [-0.3, -0.25) is 14.5 Å². The Labute approximate surface area is 174 Å². The van der Waals surface area contributed by atoms with Gasteiger partial charge in [0.15, 0.2) is 17.6 Å². The van der Waals surface area contributed by atoms with E-state index in [1.165, 1.54) is 0 Å². The molecule has 0 aromatic heterocycles. The molecule has 0 aliphatic heterocycles. The van der Waals surface area contributed by atoms with Crippen molar-refractivity contribution in [3.63, 3.8) is 0 Å². The zero-order valence-electron chi connectivity index (χ0n) is 16.3. The van der Waals surface area contributed by atoms with Gasteiger partial charge in [-0.1, -0.05) is 78.9 Å². The average molecular weight is 402 g/mol. The predicted molar refractivity (Wildman–Crippen MR) is 114 cm³/mol. The molecule has 0 fully saturated rings. The number of rotatable bonds is 8. The summed E-state index contributed by atoms with van der Waals surface area (Å²) in [5.41, 5.74) is 5.16. The first kappa shape index (κ1) is 21.0. The Balaban J connectivity index is 2.10. The normalized spacial score (nSPS) is 12.4. The summed E-state index contributed by atoms with van der Waals surface area (Å²) in [5.74, 6) is -0.621. The maximum absolute atomic E-state index is 13.3. The summed E-state index contributed by atoms with van der Waals surface area (Å²) in [7, 11) is 0. The van der Waals surface area contributed by atoms with Crippen LogP contribution in [0, 0.1) is 0 Å². The maximum atomic E-state index is 13.3. The van der Waals surface area contributed by atoms with Gasteiger partial charge < -0.3 is 10.5 Å². The van der Waals surface area contributed by atoms with Crippen molar-refractivity contribution in [3.8, 4) is 0 Å². The molecule has 1 amide bonds. The zero-order chi connectivity index (χ0) is 21.4. The van der Waals surface area contributed by atoms with E-state index in [1.54, 1.807) is 60.7 Å². The van der Waals surface area contributed by atoms with Crippen LogP contribution in [0.15, 0.2) is 91.0 Å². The van der Waals surface area contributed by atoms with Crippen molar-refractivity contribution in [2.24, 2.45) is 5.73 Å². The lowest BCUT2D eigenvalue weighted by molar-refractivity contribution is -0.128. The Hall–Kier alpha value is -3.77. The van der Waals surface area contributed by atoms with Crippen LogP contribution in [0.5, 0.6) is 0 Å². The average Bonchev–Trinajstić information content (AvgIpc) is 2.82. The Morgan fingerprint density at radius 3 is 1.93 bits per heavy atom. The number of hydrogen-bond acceptors (Lipinski definition) is 5. The molecule has 30 heavy (non-hydrogen) atoms. The van der Waals surface area contributed by atoms with E-state index in [0.29, 0.717) is 17.5 Å². The van der Waals surface area contributed by atoms with Crippen LogP contribution in [0.1, 0.15) is 11.1 Å². The van der Waals surface area contributed by atoms with Gasteiger partial charge in [0.2, 0.25) is 0 Å². The number of anilines is 1. The van der Waals surface area contributed by atoms with Crippen molar-refractivity contribution < 1.29 is 19.1 Å². The number of hydrogen-bond donors (Lipinski definition) is 1. The Morgan fingerprint density at radius 1 is 0.867 bits per heavy atom. The largest absolute Gasteiger partial charge is 0.444 e. The van der Waals surface area contributed by atoms with Gasteiger partial charge in [0.1, 0.15) is 6.61 Å². The molecule has 0 radical (unpaired) electrons. The van der Waals surface area contributed by atoms with Gasteiger partial charge in [0.05, 0.1) is 6.54 Å². The van der Waals surface area contributed by atoms with Gasteiger partial charge in [-0.25, -0.2) is 4.79 Å². The highest BCUT2D eigenvalue weighted by molar-refractivity contribution is 6.13. The summed E-state index contributed by atoms with van der Waals surface area (Å²) in [5, 5.41) is 0. The molecule has 6 heteroatoms. The first-order valence-electron chi connectivity index (χ1n) is 9.44. The van der Waals surface area contributed by atoms with Crippen LogP contribution < -0.4 is 10.6 Å². The van der Waals surface area contributed by atoms with Crippen molar-refractivity contribution in [2.45, 2.75) is 12.1 Å². The highest BCUT2D eigenvalue weighted by atomic mass is 16.6. The van der Waals surface area contributed by atoms with Crippen molar-refractivity contribution >= 4 is 23.9 Å². The fourth-order valence-electron chi connectivity index (χ4n) is 3.26. The minimum atomic E-state index is -1.95.